The maximum atomic E-state index is 12.0. The highest BCUT2D eigenvalue weighted by atomic mass is 16.5. The van der Waals surface area contributed by atoms with Gasteiger partial charge in [-0.2, -0.15) is 0 Å². The number of carbonyl (C=O) groups is 1. The lowest BCUT2D eigenvalue weighted by atomic mass is 9.84. The van der Waals surface area contributed by atoms with Gasteiger partial charge in [0.05, 0.1) is 12.0 Å². The highest BCUT2D eigenvalue weighted by molar-refractivity contribution is 5.83. The summed E-state index contributed by atoms with van der Waals surface area (Å²) < 4.78 is 4.98. The number of hydrogen-bond acceptors (Lipinski definition) is 3. The van der Waals surface area contributed by atoms with E-state index in [4.69, 9.17) is 10.5 Å². The quantitative estimate of drug-likeness (QED) is 0.722. The van der Waals surface area contributed by atoms with Gasteiger partial charge < -0.3 is 15.8 Å². The molecule has 1 aliphatic rings. The number of ether oxygens (including phenoxy) is 1. The van der Waals surface area contributed by atoms with Crippen LogP contribution < -0.4 is 11.1 Å². The predicted octanol–water partition coefficient (Wildman–Crippen LogP) is 0.655. The minimum Gasteiger partial charge on any atom is -0.383 e. The maximum Gasteiger partial charge on any atom is 0.227 e. The molecule has 0 saturated heterocycles. The summed E-state index contributed by atoms with van der Waals surface area (Å²) in [5.74, 6) is 0.0667. The molecular weight excluding hydrogens is 192 g/mol. The lowest BCUT2D eigenvalue weighted by molar-refractivity contribution is -0.131. The summed E-state index contributed by atoms with van der Waals surface area (Å²) in [6.07, 6.45) is 2.88. The highest BCUT2D eigenvalue weighted by Crippen LogP contribution is 2.36. The van der Waals surface area contributed by atoms with Gasteiger partial charge in [-0.05, 0) is 26.7 Å². The van der Waals surface area contributed by atoms with Gasteiger partial charge in [-0.15, -0.1) is 0 Å². The molecule has 3 atom stereocenters. The van der Waals surface area contributed by atoms with Gasteiger partial charge in [-0.3, -0.25) is 4.79 Å². The van der Waals surface area contributed by atoms with Crippen molar-refractivity contribution in [2.24, 2.45) is 11.1 Å². The molecule has 1 aliphatic carbocycles. The first-order valence-corrected chi connectivity index (χ1v) is 5.56. The third-order valence-electron chi connectivity index (χ3n) is 3.34. The summed E-state index contributed by atoms with van der Waals surface area (Å²) in [6.45, 7) is 4.43. The zero-order valence-electron chi connectivity index (χ0n) is 9.88. The molecule has 0 heterocycles. The molecule has 0 spiro atoms. The summed E-state index contributed by atoms with van der Waals surface area (Å²) in [4.78, 5) is 12.0. The van der Waals surface area contributed by atoms with Crippen LogP contribution in [0.15, 0.2) is 0 Å². The molecule has 0 aromatic rings. The van der Waals surface area contributed by atoms with Gasteiger partial charge in [0.15, 0.2) is 0 Å². The van der Waals surface area contributed by atoms with Crippen molar-refractivity contribution in [3.05, 3.63) is 0 Å². The second kappa shape index (κ2) is 4.94. The van der Waals surface area contributed by atoms with Crippen LogP contribution in [0.5, 0.6) is 0 Å². The Hall–Kier alpha value is -0.610. The summed E-state index contributed by atoms with van der Waals surface area (Å²) in [6, 6.07) is 0.0411. The van der Waals surface area contributed by atoms with E-state index in [9.17, 15) is 4.79 Å². The highest BCUT2D eigenvalue weighted by Gasteiger charge is 2.43. The topological polar surface area (TPSA) is 64.3 Å². The van der Waals surface area contributed by atoms with Crippen molar-refractivity contribution in [1.82, 2.24) is 5.32 Å². The van der Waals surface area contributed by atoms with Crippen molar-refractivity contribution in [2.75, 3.05) is 13.7 Å². The largest absolute Gasteiger partial charge is 0.383 e. The van der Waals surface area contributed by atoms with Crippen LogP contribution in [0.1, 0.15) is 33.1 Å². The van der Waals surface area contributed by atoms with E-state index in [1.165, 1.54) is 0 Å². The monoisotopic (exact) mass is 214 g/mol. The van der Waals surface area contributed by atoms with Crippen LogP contribution in [-0.4, -0.2) is 31.7 Å². The Morgan fingerprint density at radius 1 is 1.73 bits per heavy atom. The fourth-order valence-electron chi connectivity index (χ4n) is 2.16. The SMILES string of the molecule is COCC(C)NC(=O)C1(C)CCCC1N. The first-order valence-electron chi connectivity index (χ1n) is 5.56. The second-order valence-electron chi connectivity index (χ2n) is 4.75. The van der Waals surface area contributed by atoms with E-state index in [0.29, 0.717) is 6.61 Å². The lowest BCUT2D eigenvalue weighted by Gasteiger charge is -2.29. The number of hydrogen-bond donors (Lipinski definition) is 2. The Morgan fingerprint density at radius 2 is 2.40 bits per heavy atom. The van der Waals surface area contributed by atoms with Crippen LogP contribution in [0.3, 0.4) is 0 Å². The zero-order chi connectivity index (χ0) is 11.5. The van der Waals surface area contributed by atoms with Crippen LogP contribution in [0, 0.1) is 5.41 Å². The fourth-order valence-corrected chi connectivity index (χ4v) is 2.16. The maximum absolute atomic E-state index is 12.0. The molecule has 0 bridgehead atoms. The first kappa shape index (κ1) is 12.5. The molecule has 3 unspecified atom stereocenters. The minimum atomic E-state index is -0.387. The van der Waals surface area contributed by atoms with Crippen LogP contribution in [0.2, 0.25) is 0 Å². The molecule has 1 saturated carbocycles. The molecule has 4 nitrogen and oxygen atoms in total. The van der Waals surface area contributed by atoms with Gasteiger partial charge >= 0.3 is 0 Å². The molecule has 0 radical (unpaired) electrons. The smallest absolute Gasteiger partial charge is 0.227 e. The van der Waals surface area contributed by atoms with E-state index in [0.717, 1.165) is 19.3 Å². The Morgan fingerprint density at radius 3 is 2.87 bits per heavy atom. The molecule has 1 rings (SSSR count). The van der Waals surface area contributed by atoms with Crippen LogP contribution in [0.4, 0.5) is 0 Å². The van der Waals surface area contributed by atoms with E-state index in [1.54, 1.807) is 7.11 Å². The molecule has 1 amide bonds. The normalized spacial score (nSPS) is 32.7. The third kappa shape index (κ3) is 2.69. The van der Waals surface area contributed by atoms with E-state index >= 15 is 0 Å². The van der Waals surface area contributed by atoms with Crippen molar-refractivity contribution in [1.29, 1.82) is 0 Å². The molecule has 0 aliphatic heterocycles. The van der Waals surface area contributed by atoms with E-state index < -0.39 is 0 Å². The third-order valence-corrected chi connectivity index (χ3v) is 3.34. The number of amides is 1. The number of nitrogens with two attached hydrogens (primary N) is 1. The van der Waals surface area contributed by atoms with Crippen LogP contribution in [0.25, 0.3) is 0 Å². The van der Waals surface area contributed by atoms with Gasteiger partial charge in [-0.25, -0.2) is 0 Å². The second-order valence-corrected chi connectivity index (χ2v) is 4.75. The summed E-state index contributed by atoms with van der Waals surface area (Å²) in [5.41, 5.74) is 5.58. The Labute approximate surface area is 91.5 Å². The Bertz CT molecular complexity index is 233. The molecule has 3 N–H and O–H groups in total. The lowest BCUT2D eigenvalue weighted by Crippen LogP contribution is -2.50. The Kier molecular flexibility index (Phi) is 4.11. The van der Waals surface area contributed by atoms with Crippen molar-refractivity contribution in [2.45, 2.75) is 45.2 Å². The fraction of sp³-hybridized carbons (Fsp3) is 0.909. The summed E-state index contributed by atoms with van der Waals surface area (Å²) in [7, 11) is 1.63. The van der Waals surface area contributed by atoms with Gasteiger partial charge in [0.2, 0.25) is 5.91 Å². The average Bonchev–Trinajstić information content (AvgIpc) is 2.48. The van der Waals surface area contributed by atoms with E-state index in [1.807, 2.05) is 13.8 Å². The van der Waals surface area contributed by atoms with E-state index in [2.05, 4.69) is 5.32 Å². The molecule has 1 fully saturated rings. The Balaban J connectivity index is 2.52. The molecule has 15 heavy (non-hydrogen) atoms. The molecule has 0 aromatic carbocycles. The van der Waals surface area contributed by atoms with Crippen molar-refractivity contribution < 1.29 is 9.53 Å². The zero-order valence-corrected chi connectivity index (χ0v) is 9.88. The van der Waals surface area contributed by atoms with Crippen molar-refractivity contribution >= 4 is 5.91 Å². The molecule has 88 valence electrons. The van der Waals surface area contributed by atoms with E-state index in [-0.39, 0.29) is 23.4 Å². The average molecular weight is 214 g/mol. The number of rotatable bonds is 4. The number of methoxy groups -OCH3 is 1. The minimum absolute atomic E-state index is 0.00718. The van der Waals surface area contributed by atoms with Gasteiger partial charge in [-0.1, -0.05) is 6.42 Å². The molecule has 0 aromatic heterocycles. The van der Waals surface area contributed by atoms with Crippen molar-refractivity contribution in [3.8, 4) is 0 Å². The summed E-state index contributed by atoms with van der Waals surface area (Å²) in [5, 5.41) is 2.95. The van der Waals surface area contributed by atoms with Crippen molar-refractivity contribution in [3.63, 3.8) is 0 Å². The van der Waals surface area contributed by atoms with Gasteiger partial charge in [0.25, 0.3) is 0 Å². The predicted molar refractivity (Wildman–Crippen MR) is 59.4 cm³/mol. The van der Waals surface area contributed by atoms with Gasteiger partial charge in [0, 0.05) is 19.2 Å². The van der Waals surface area contributed by atoms with Crippen LogP contribution >= 0.6 is 0 Å². The van der Waals surface area contributed by atoms with Crippen LogP contribution in [-0.2, 0) is 9.53 Å². The number of carbonyl (C=O) groups excluding carboxylic acids is 1. The standard InChI is InChI=1S/C11H22N2O2/c1-8(7-15-3)13-10(14)11(2)6-4-5-9(11)12/h8-9H,4-7,12H2,1-3H3,(H,13,14). The van der Waals surface area contributed by atoms with Gasteiger partial charge in [0.1, 0.15) is 0 Å². The summed E-state index contributed by atoms with van der Waals surface area (Å²) >= 11 is 0. The number of nitrogens with one attached hydrogen (secondary N) is 1. The molecular formula is C11H22N2O2. The first-order chi connectivity index (χ1) is 7.00. The molecule has 4 heteroatoms.